The standard InChI is InChI=1S/C23H30N2O2/c1-16-6-4-7-18(14-16)24-11-5-12-25-13-10-17-15-21(26-2)23(27-3)19-8-9-20(25)22(17)19/h4,6-7,14-15,20,24H,5,8-13H2,1-3H3. The minimum absolute atomic E-state index is 0.544. The van der Waals surface area contributed by atoms with E-state index in [0.717, 1.165) is 50.4 Å². The van der Waals surface area contributed by atoms with Crippen molar-refractivity contribution in [3.05, 3.63) is 52.6 Å². The van der Waals surface area contributed by atoms with E-state index >= 15 is 0 Å². The zero-order chi connectivity index (χ0) is 18.8. The van der Waals surface area contributed by atoms with Crippen LogP contribution in [0.1, 0.15) is 41.1 Å². The van der Waals surface area contributed by atoms with Gasteiger partial charge in [-0.05, 0) is 67.5 Å². The van der Waals surface area contributed by atoms with Crippen LogP contribution < -0.4 is 14.8 Å². The predicted molar refractivity (Wildman–Crippen MR) is 110 cm³/mol. The average molecular weight is 367 g/mol. The topological polar surface area (TPSA) is 33.7 Å². The van der Waals surface area contributed by atoms with Crippen LogP contribution in [-0.2, 0) is 12.8 Å². The molecule has 1 N–H and O–H groups in total. The second-order valence-corrected chi connectivity index (χ2v) is 7.65. The normalized spacial score (nSPS) is 18.3. The molecule has 0 spiro atoms. The maximum absolute atomic E-state index is 5.69. The molecule has 0 amide bonds. The number of benzene rings is 2. The fourth-order valence-electron chi connectivity index (χ4n) is 4.76. The highest BCUT2D eigenvalue weighted by Crippen LogP contribution is 2.48. The molecule has 0 bridgehead atoms. The Morgan fingerprint density at radius 1 is 1.15 bits per heavy atom. The summed E-state index contributed by atoms with van der Waals surface area (Å²) in [5.74, 6) is 1.84. The minimum Gasteiger partial charge on any atom is -0.493 e. The number of anilines is 1. The van der Waals surface area contributed by atoms with E-state index in [4.69, 9.17) is 9.47 Å². The van der Waals surface area contributed by atoms with Crippen LogP contribution in [0.15, 0.2) is 30.3 Å². The van der Waals surface area contributed by atoms with Crippen LogP contribution in [0, 0.1) is 6.92 Å². The molecule has 0 saturated heterocycles. The minimum atomic E-state index is 0.544. The number of nitrogens with zero attached hydrogens (tertiary/aromatic N) is 1. The second kappa shape index (κ2) is 7.81. The summed E-state index contributed by atoms with van der Waals surface area (Å²) in [5, 5.41) is 3.56. The van der Waals surface area contributed by atoms with E-state index in [0.29, 0.717) is 6.04 Å². The maximum Gasteiger partial charge on any atom is 0.164 e. The van der Waals surface area contributed by atoms with Gasteiger partial charge in [0.25, 0.3) is 0 Å². The number of nitrogens with one attached hydrogen (secondary N) is 1. The van der Waals surface area contributed by atoms with Crippen LogP contribution in [-0.4, -0.2) is 38.8 Å². The van der Waals surface area contributed by atoms with E-state index in [1.165, 1.54) is 34.4 Å². The fourth-order valence-corrected chi connectivity index (χ4v) is 4.76. The SMILES string of the molecule is COc1cc2c3c(c1OC)CCC3N(CCCNc1cccc(C)c1)CC2. The number of hydrogen-bond donors (Lipinski definition) is 1. The molecule has 4 heteroatoms. The summed E-state index contributed by atoms with van der Waals surface area (Å²) in [4.78, 5) is 2.67. The summed E-state index contributed by atoms with van der Waals surface area (Å²) < 4.78 is 11.3. The Hall–Kier alpha value is -2.20. The van der Waals surface area contributed by atoms with Gasteiger partial charge in [0.2, 0.25) is 0 Å². The van der Waals surface area contributed by atoms with Gasteiger partial charge in [0.1, 0.15) is 0 Å². The van der Waals surface area contributed by atoms with Crippen molar-refractivity contribution in [2.45, 2.75) is 38.6 Å². The van der Waals surface area contributed by atoms with Gasteiger partial charge in [0, 0.05) is 36.9 Å². The maximum atomic E-state index is 5.69. The molecule has 1 aliphatic carbocycles. The first kappa shape index (κ1) is 18.2. The van der Waals surface area contributed by atoms with Gasteiger partial charge in [-0.15, -0.1) is 0 Å². The predicted octanol–water partition coefficient (Wildman–Crippen LogP) is 4.36. The van der Waals surface area contributed by atoms with E-state index < -0.39 is 0 Å². The number of rotatable bonds is 7. The monoisotopic (exact) mass is 366 g/mol. The van der Waals surface area contributed by atoms with E-state index in [2.05, 4.69) is 47.5 Å². The highest BCUT2D eigenvalue weighted by Gasteiger charge is 2.36. The summed E-state index contributed by atoms with van der Waals surface area (Å²) in [7, 11) is 3.49. The number of methoxy groups -OCH3 is 2. The Bertz CT molecular complexity index is 818. The molecule has 0 aromatic heterocycles. The molecule has 1 aliphatic heterocycles. The van der Waals surface area contributed by atoms with Crippen molar-refractivity contribution in [3.63, 3.8) is 0 Å². The van der Waals surface area contributed by atoms with Crippen molar-refractivity contribution in [1.82, 2.24) is 4.90 Å². The summed E-state index contributed by atoms with van der Waals surface area (Å²) >= 11 is 0. The lowest BCUT2D eigenvalue weighted by Gasteiger charge is -2.35. The lowest BCUT2D eigenvalue weighted by atomic mass is 9.92. The molecule has 0 radical (unpaired) electrons. The van der Waals surface area contributed by atoms with Gasteiger partial charge in [-0.3, -0.25) is 4.90 Å². The van der Waals surface area contributed by atoms with Crippen LogP contribution in [0.3, 0.4) is 0 Å². The quantitative estimate of drug-likeness (QED) is 0.738. The number of hydrogen-bond acceptors (Lipinski definition) is 4. The van der Waals surface area contributed by atoms with E-state index in [-0.39, 0.29) is 0 Å². The Morgan fingerprint density at radius 3 is 2.81 bits per heavy atom. The third-order valence-corrected chi connectivity index (χ3v) is 5.98. The Kier molecular flexibility index (Phi) is 5.26. The van der Waals surface area contributed by atoms with Gasteiger partial charge >= 0.3 is 0 Å². The molecule has 2 aromatic rings. The first-order valence-corrected chi connectivity index (χ1v) is 10.0. The molecule has 4 rings (SSSR count). The second-order valence-electron chi connectivity index (χ2n) is 7.65. The molecule has 2 aromatic carbocycles. The van der Waals surface area contributed by atoms with Crippen LogP contribution in [0.4, 0.5) is 5.69 Å². The van der Waals surface area contributed by atoms with Gasteiger partial charge in [-0.1, -0.05) is 12.1 Å². The van der Waals surface area contributed by atoms with Crippen molar-refractivity contribution in [1.29, 1.82) is 0 Å². The first-order valence-electron chi connectivity index (χ1n) is 10.0. The largest absolute Gasteiger partial charge is 0.493 e. The number of ether oxygens (including phenoxy) is 2. The zero-order valence-electron chi connectivity index (χ0n) is 16.7. The molecule has 1 heterocycles. The molecule has 27 heavy (non-hydrogen) atoms. The van der Waals surface area contributed by atoms with Crippen LogP contribution >= 0.6 is 0 Å². The summed E-state index contributed by atoms with van der Waals surface area (Å²) in [5.41, 5.74) is 6.87. The van der Waals surface area contributed by atoms with Gasteiger partial charge in [0.05, 0.1) is 14.2 Å². The summed E-state index contributed by atoms with van der Waals surface area (Å²) in [6, 6.07) is 11.3. The van der Waals surface area contributed by atoms with Gasteiger partial charge in [-0.2, -0.15) is 0 Å². The molecule has 0 saturated carbocycles. The molecular weight excluding hydrogens is 336 g/mol. The van der Waals surface area contributed by atoms with Crippen molar-refractivity contribution in [2.75, 3.05) is 39.2 Å². The molecule has 0 fully saturated rings. The van der Waals surface area contributed by atoms with Crippen LogP contribution in [0.5, 0.6) is 11.5 Å². The number of aryl methyl sites for hydroxylation is 1. The van der Waals surface area contributed by atoms with Crippen molar-refractivity contribution < 1.29 is 9.47 Å². The molecule has 144 valence electrons. The van der Waals surface area contributed by atoms with Crippen LogP contribution in [0.2, 0.25) is 0 Å². The van der Waals surface area contributed by atoms with Crippen LogP contribution in [0.25, 0.3) is 0 Å². The molecule has 1 unspecified atom stereocenters. The lowest BCUT2D eigenvalue weighted by molar-refractivity contribution is 0.185. The Labute approximate surface area is 162 Å². The highest BCUT2D eigenvalue weighted by molar-refractivity contribution is 5.58. The molecule has 2 aliphatic rings. The van der Waals surface area contributed by atoms with E-state index in [9.17, 15) is 0 Å². The van der Waals surface area contributed by atoms with Gasteiger partial charge in [-0.25, -0.2) is 0 Å². The third-order valence-electron chi connectivity index (χ3n) is 5.98. The Morgan fingerprint density at radius 2 is 2.04 bits per heavy atom. The average Bonchev–Trinajstić information content (AvgIpc) is 3.12. The molecule has 4 nitrogen and oxygen atoms in total. The fraction of sp³-hybridized carbons (Fsp3) is 0.478. The Balaban J connectivity index is 1.41. The zero-order valence-corrected chi connectivity index (χ0v) is 16.7. The molecule has 1 atom stereocenters. The third kappa shape index (κ3) is 3.51. The molecular formula is C23H30N2O2. The lowest BCUT2D eigenvalue weighted by Crippen LogP contribution is -2.35. The van der Waals surface area contributed by atoms with Gasteiger partial charge < -0.3 is 14.8 Å². The van der Waals surface area contributed by atoms with Gasteiger partial charge in [0.15, 0.2) is 11.5 Å². The van der Waals surface area contributed by atoms with Crippen molar-refractivity contribution >= 4 is 5.69 Å². The van der Waals surface area contributed by atoms with E-state index in [1.54, 1.807) is 14.2 Å². The first-order chi connectivity index (χ1) is 13.2. The summed E-state index contributed by atoms with van der Waals surface area (Å²) in [6.45, 7) is 5.42. The smallest absolute Gasteiger partial charge is 0.164 e. The van der Waals surface area contributed by atoms with Crippen molar-refractivity contribution in [2.24, 2.45) is 0 Å². The van der Waals surface area contributed by atoms with E-state index in [1.807, 2.05) is 0 Å². The van der Waals surface area contributed by atoms with Crippen molar-refractivity contribution in [3.8, 4) is 11.5 Å². The highest BCUT2D eigenvalue weighted by atomic mass is 16.5. The summed E-state index contributed by atoms with van der Waals surface area (Å²) in [6.07, 6.45) is 4.54.